The summed E-state index contributed by atoms with van der Waals surface area (Å²) in [6.45, 7) is 30.5. The molecule has 105 heavy (non-hydrogen) atoms. The van der Waals surface area contributed by atoms with Crippen LogP contribution in [0.4, 0.5) is 0 Å². The first-order chi connectivity index (χ1) is 45.9. The fourth-order valence-corrected chi connectivity index (χ4v) is 9.07. The van der Waals surface area contributed by atoms with Crippen molar-refractivity contribution in [2.75, 3.05) is 53.9 Å². The van der Waals surface area contributed by atoms with Gasteiger partial charge in [0.2, 0.25) is 0 Å². The maximum atomic E-state index is 9.01. The molecule has 8 rings (SSSR count). The number of rotatable bonds is 33. The van der Waals surface area contributed by atoms with Crippen molar-refractivity contribution in [1.29, 1.82) is 0 Å². The first kappa shape index (κ1) is 110. The van der Waals surface area contributed by atoms with Crippen molar-refractivity contribution in [3.05, 3.63) is 228 Å². The molecule has 0 saturated heterocycles. The first-order valence-corrected chi connectivity index (χ1v) is 33.8. The van der Waals surface area contributed by atoms with Crippen molar-refractivity contribution in [2.24, 2.45) is 0 Å². The molecule has 8 aromatic carbocycles. The third-order valence-corrected chi connectivity index (χ3v) is 16.2. The number of hydrogen-bond donors (Lipinski definition) is 2. The maximum absolute atomic E-state index is 9.01. The monoisotopic (exact) mass is 1460 g/mol. The van der Waals surface area contributed by atoms with Crippen molar-refractivity contribution < 1.29 is 62.3 Å². The summed E-state index contributed by atoms with van der Waals surface area (Å²) >= 11 is 0. The zero-order chi connectivity index (χ0) is 69.2. The second-order valence-electron chi connectivity index (χ2n) is 23.3. The molecule has 0 heterocycles. The lowest BCUT2D eigenvalue weighted by Gasteiger charge is -2.16. The third kappa shape index (κ3) is 44.9. The molecule has 13 nitrogen and oxygen atoms in total. The Labute approximate surface area is 643 Å². The Bertz CT molecular complexity index is 3000. The number of ether oxygens (including phenoxy) is 11. The van der Waals surface area contributed by atoms with Gasteiger partial charge in [-0.05, 0) is 232 Å². The van der Waals surface area contributed by atoms with Gasteiger partial charge in [-0.2, -0.15) is 0 Å². The van der Waals surface area contributed by atoms with Gasteiger partial charge in [-0.25, -0.2) is 0 Å². The van der Waals surface area contributed by atoms with E-state index in [1.807, 2.05) is 160 Å². The van der Waals surface area contributed by atoms with Gasteiger partial charge in [-0.15, -0.1) is 0 Å². The van der Waals surface area contributed by atoms with Crippen molar-refractivity contribution >= 4 is 0 Å². The van der Waals surface area contributed by atoms with Crippen LogP contribution in [0.3, 0.4) is 0 Å². The van der Waals surface area contributed by atoms with Crippen molar-refractivity contribution in [3.8, 4) is 57.5 Å². The molecule has 596 valence electrons. The minimum Gasteiger partial charge on any atom is -0.508 e. The van der Waals surface area contributed by atoms with E-state index in [0.717, 1.165) is 78.1 Å². The largest absolute Gasteiger partial charge is 0.508 e. The molecule has 0 aromatic heterocycles. The second-order valence-corrected chi connectivity index (χ2v) is 23.3. The van der Waals surface area contributed by atoms with E-state index in [1.165, 1.54) is 27.8 Å². The number of methoxy groups -OCH3 is 2. The van der Waals surface area contributed by atoms with Crippen molar-refractivity contribution in [2.45, 2.75) is 245 Å². The van der Waals surface area contributed by atoms with E-state index < -0.39 is 0 Å². The van der Waals surface area contributed by atoms with Crippen molar-refractivity contribution in [3.63, 3.8) is 0 Å². The number of hydrogen-bond acceptors (Lipinski definition) is 13. The van der Waals surface area contributed by atoms with Gasteiger partial charge < -0.3 is 62.3 Å². The highest BCUT2D eigenvalue weighted by Gasteiger charge is 2.11. The van der Waals surface area contributed by atoms with E-state index in [1.54, 1.807) is 38.5 Å². The Morgan fingerprint density at radius 1 is 0.238 bits per heavy atom. The van der Waals surface area contributed by atoms with Crippen LogP contribution in [0.15, 0.2) is 200 Å². The highest BCUT2D eigenvalue weighted by molar-refractivity contribution is 5.35. The molecular weight excluding hydrogens is 1310 g/mol. The quantitative estimate of drug-likeness (QED) is 0.0298. The summed E-state index contributed by atoms with van der Waals surface area (Å²) in [6.07, 6.45) is 4.74. The summed E-state index contributed by atoms with van der Waals surface area (Å²) in [5, 5.41) is 18.0. The Balaban J connectivity index is -0.000000231. The first-order valence-electron chi connectivity index (χ1n) is 33.8. The van der Waals surface area contributed by atoms with Gasteiger partial charge in [-0.3, -0.25) is 0 Å². The maximum Gasteiger partial charge on any atom is 0.197 e. The van der Waals surface area contributed by atoms with Gasteiger partial charge in [0.15, 0.2) is 18.9 Å². The molecule has 0 fully saturated rings. The molecule has 8 atom stereocenters. The number of para-hydroxylation sites is 1. The lowest BCUT2D eigenvalue weighted by molar-refractivity contribution is -0.0741. The molecule has 0 amide bonds. The highest BCUT2D eigenvalue weighted by Crippen LogP contribution is 2.27. The van der Waals surface area contributed by atoms with Crippen LogP contribution in [0, 0.1) is 0 Å². The van der Waals surface area contributed by atoms with E-state index in [-0.39, 0.29) is 93.1 Å². The van der Waals surface area contributed by atoms with Crippen LogP contribution in [-0.4, -0.2) is 82.9 Å². The summed E-state index contributed by atoms with van der Waals surface area (Å²) in [5.74, 6) is 10.1. The number of benzene rings is 8. The smallest absolute Gasteiger partial charge is 0.197 e. The van der Waals surface area contributed by atoms with Crippen LogP contribution in [0.25, 0.3) is 0 Å². The minimum atomic E-state index is -0.325. The van der Waals surface area contributed by atoms with Gasteiger partial charge in [0.1, 0.15) is 77.3 Å². The molecule has 0 spiro atoms. The number of phenolic OH excluding ortho intramolecular Hbond substituents is 2. The molecule has 0 aliphatic carbocycles. The van der Waals surface area contributed by atoms with Crippen LogP contribution in [-0.2, 0) is 14.2 Å². The fraction of sp³-hybridized carbons (Fsp3) is 0.478. The van der Waals surface area contributed by atoms with E-state index in [9.17, 15) is 0 Å². The van der Waals surface area contributed by atoms with Gasteiger partial charge >= 0.3 is 0 Å². The molecular formula is C92H150O13. The Morgan fingerprint density at radius 3 is 0.638 bits per heavy atom. The van der Waals surface area contributed by atoms with E-state index in [2.05, 4.69) is 106 Å². The Kier molecular flexibility index (Phi) is 67.1. The molecule has 0 bridgehead atoms. The van der Waals surface area contributed by atoms with Crippen LogP contribution in [0.1, 0.15) is 254 Å². The van der Waals surface area contributed by atoms with Gasteiger partial charge in [0, 0.05) is 0 Å². The molecule has 8 aromatic rings. The molecule has 13 heteroatoms. The third-order valence-electron chi connectivity index (χ3n) is 16.2. The Morgan fingerprint density at radius 2 is 0.429 bits per heavy atom. The zero-order valence-electron chi connectivity index (χ0n) is 59.3. The van der Waals surface area contributed by atoms with E-state index in [4.69, 9.17) is 62.3 Å². The van der Waals surface area contributed by atoms with Gasteiger partial charge in [0.25, 0.3) is 0 Å². The van der Waals surface area contributed by atoms with Gasteiger partial charge in [-0.1, -0.05) is 222 Å². The van der Waals surface area contributed by atoms with Gasteiger partial charge in [0.05, 0.1) is 34.0 Å². The topological polar surface area (TPSA) is 142 Å². The molecule has 2 N–H and O–H groups in total. The predicted molar refractivity (Wildman–Crippen MR) is 453 cm³/mol. The lowest BCUT2D eigenvalue weighted by Crippen LogP contribution is -2.19. The number of phenols is 2. The zero-order valence-corrected chi connectivity index (χ0v) is 59.3. The summed E-state index contributed by atoms with van der Waals surface area (Å²) in [5.41, 5.74) is 6.59. The average Bonchev–Trinajstić information content (AvgIpc) is 0.911. The average molecular weight is 1460 g/mol. The van der Waals surface area contributed by atoms with Crippen LogP contribution in [0.2, 0.25) is 0 Å². The minimum absolute atomic E-state index is 0. The summed E-state index contributed by atoms with van der Waals surface area (Å²) in [7, 11) is 3.28. The van der Waals surface area contributed by atoms with E-state index >= 15 is 0 Å². The summed E-state index contributed by atoms with van der Waals surface area (Å²) < 4.78 is 61.3. The lowest BCUT2D eigenvalue weighted by atomic mass is 9.99. The van der Waals surface area contributed by atoms with E-state index in [0.29, 0.717) is 80.7 Å². The number of aromatic hydroxyl groups is 2. The predicted octanol–water partition coefficient (Wildman–Crippen LogP) is 27.3. The molecule has 0 aliphatic heterocycles. The van der Waals surface area contributed by atoms with Crippen molar-refractivity contribution in [1.82, 2.24) is 0 Å². The molecule has 0 aliphatic rings. The highest BCUT2D eigenvalue weighted by atomic mass is 16.7. The molecule has 0 radical (unpaired) electrons. The summed E-state index contributed by atoms with van der Waals surface area (Å²) in [6, 6.07) is 64.2. The molecule has 0 saturated carbocycles. The van der Waals surface area contributed by atoms with Crippen LogP contribution >= 0.6 is 0 Å². The molecule has 8 unspecified atom stereocenters. The SMILES string of the molecule is C.C.C.C.C.C.C.C.C.C.CCC(C)c1ccc(O)cc1.CCC(C)c1ccc(O)cc1.CCC(C)c1ccc(OC(C)OCCOc2ccc(OC)cc2)cc1.CCC(C)c1ccc(OC(C)OCCOc2ccc(OC)cc2)cc1.CCC(C)c1ccc(OC(C)OCCOc2ccccc2)cc1. The fourth-order valence-electron chi connectivity index (χ4n) is 9.07. The Hall–Kier alpha value is -8.36. The van der Waals surface area contributed by atoms with Crippen LogP contribution < -0.4 is 37.9 Å². The standard InChI is InChI=1S/2C21H28O4.C20H26O3.2C10H14O.10CH4/c2*1-5-16(2)18-6-8-21(9-7-18)25-17(3)23-14-15-24-20-12-10-19(22-4)11-13-20;1-4-16(2)18-10-12-20(13-11-18)23-17(3)21-14-15-22-19-8-6-5-7-9-19;2*1-3-8(2)9-4-6-10(11)7-5-9;;;;;;;;;;/h2*6-13,16-17H,5,14-15H2,1-4H3;5-13,16-17H,4,14-15H2,1-3H3;2*4-8,11H,3H2,1-2H3;10*1H4. The second kappa shape index (κ2) is 64.1. The van der Waals surface area contributed by atoms with Crippen LogP contribution in [0.5, 0.6) is 57.5 Å². The normalized spacial score (nSPS) is 11.9. The summed E-state index contributed by atoms with van der Waals surface area (Å²) in [4.78, 5) is 0.